The Kier molecular flexibility index (Phi) is 10.4. The highest BCUT2D eigenvalue weighted by Crippen LogP contribution is 2.43. The number of amides is 2. The fourth-order valence-electron chi connectivity index (χ4n) is 4.10. The Hall–Kier alpha value is -1.24. The lowest BCUT2D eigenvalue weighted by molar-refractivity contribution is -0.128. The molecular formula is C24H34Cl2N2O3S. The number of nitrogens with one attached hydrogen (secondary N) is 2. The van der Waals surface area contributed by atoms with E-state index in [9.17, 15) is 14.4 Å². The summed E-state index contributed by atoms with van der Waals surface area (Å²) >= 11 is 13.4. The molecule has 0 bridgehead atoms. The lowest BCUT2D eigenvalue weighted by Gasteiger charge is -2.36. The van der Waals surface area contributed by atoms with E-state index >= 15 is 0 Å². The Morgan fingerprint density at radius 3 is 2.28 bits per heavy atom. The van der Waals surface area contributed by atoms with Gasteiger partial charge in [0.05, 0.1) is 21.8 Å². The number of rotatable bonds is 9. The van der Waals surface area contributed by atoms with Crippen molar-refractivity contribution in [2.75, 3.05) is 5.32 Å². The molecule has 1 aromatic rings. The summed E-state index contributed by atoms with van der Waals surface area (Å²) in [4.78, 5) is 38.3. The van der Waals surface area contributed by atoms with Crippen LogP contribution in [0.3, 0.4) is 0 Å². The Morgan fingerprint density at radius 2 is 1.72 bits per heavy atom. The van der Waals surface area contributed by atoms with Crippen LogP contribution in [-0.4, -0.2) is 23.0 Å². The molecule has 2 N–H and O–H groups in total. The van der Waals surface area contributed by atoms with E-state index in [0.717, 1.165) is 56.7 Å². The second kappa shape index (κ2) is 12.3. The molecule has 1 aliphatic rings. The highest BCUT2D eigenvalue weighted by molar-refractivity contribution is 8.14. The lowest BCUT2D eigenvalue weighted by Crippen LogP contribution is -2.39. The third-order valence-corrected chi connectivity index (χ3v) is 7.81. The van der Waals surface area contributed by atoms with Gasteiger partial charge in [0, 0.05) is 17.2 Å². The molecule has 178 valence electrons. The number of benzene rings is 1. The fraction of sp³-hybridized carbons (Fsp3) is 0.625. The molecule has 0 heterocycles. The van der Waals surface area contributed by atoms with Gasteiger partial charge >= 0.3 is 0 Å². The van der Waals surface area contributed by atoms with E-state index in [0.29, 0.717) is 33.0 Å². The minimum atomic E-state index is -0.619. The van der Waals surface area contributed by atoms with Gasteiger partial charge in [-0.15, -0.1) is 0 Å². The van der Waals surface area contributed by atoms with Crippen LogP contribution in [0, 0.1) is 11.3 Å². The molecule has 2 rings (SSSR count). The highest BCUT2D eigenvalue weighted by atomic mass is 35.5. The van der Waals surface area contributed by atoms with Gasteiger partial charge in [0.15, 0.2) is 0 Å². The van der Waals surface area contributed by atoms with Crippen LogP contribution in [0.2, 0.25) is 10.0 Å². The van der Waals surface area contributed by atoms with Crippen LogP contribution in [0.15, 0.2) is 17.0 Å². The molecule has 0 saturated heterocycles. The van der Waals surface area contributed by atoms with Crippen molar-refractivity contribution in [3.8, 4) is 0 Å². The van der Waals surface area contributed by atoms with Crippen molar-refractivity contribution in [1.29, 1.82) is 0 Å². The fourth-order valence-corrected chi connectivity index (χ4v) is 5.48. The molecule has 8 heteroatoms. The molecule has 0 spiro atoms. The Balaban J connectivity index is 2.29. The second-order valence-corrected chi connectivity index (χ2v) is 10.9. The van der Waals surface area contributed by atoms with Gasteiger partial charge in [0.1, 0.15) is 0 Å². The monoisotopic (exact) mass is 500 g/mol. The van der Waals surface area contributed by atoms with E-state index in [2.05, 4.69) is 24.5 Å². The van der Waals surface area contributed by atoms with Crippen molar-refractivity contribution in [3.05, 3.63) is 22.2 Å². The molecule has 1 aromatic carbocycles. The average Bonchev–Trinajstić information content (AvgIpc) is 2.74. The first-order chi connectivity index (χ1) is 15.1. The molecule has 0 unspecified atom stereocenters. The first-order valence-electron chi connectivity index (χ1n) is 11.4. The third kappa shape index (κ3) is 7.39. The van der Waals surface area contributed by atoms with Crippen LogP contribution in [0.25, 0.3) is 0 Å². The molecule has 2 amide bonds. The molecule has 32 heavy (non-hydrogen) atoms. The van der Waals surface area contributed by atoms with Crippen LogP contribution in [-0.2, 0) is 14.4 Å². The molecule has 0 aromatic heterocycles. The van der Waals surface area contributed by atoms with Crippen molar-refractivity contribution in [1.82, 2.24) is 5.32 Å². The predicted octanol–water partition coefficient (Wildman–Crippen LogP) is 6.85. The maximum atomic E-state index is 13.5. The SMILES string of the molecule is CC[C@H](NC(C)=O)C(=O)Sc1cc(Cl)c(Cl)cc1NC(=O)C1(CCC(C)C)CCCCC1. The minimum Gasteiger partial charge on any atom is -0.346 e. The van der Waals surface area contributed by atoms with Crippen LogP contribution >= 0.6 is 35.0 Å². The van der Waals surface area contributed by atoms with Crippen LogP contribution in [0.5, 0.6) is 0 Å². The molecule has 1 fully saturated rings. The van der Waals surface area contributed by atoms with Gasteiger partial charge in [-0.3, -0.25) is 14.4 Å². The number of halogens is 2. The topological polar surface area (TPSA) is 75.3 Å². The Bertz CT molecular complexity index is 839. The molecular weight excluding hydrogens is 467 g/mol. The summed E-state index contributed by atoms with van der Waals surface area (Å²) in [5, 5.41) is 6.14. The van der Waals surface area contributed by atoms with E-state index in [1.807, 2.05) is 6.92 Å². The van der Waals surface area contributed by atoms with Crippen molar-refractivity contribution < 1.29 is 14.4 Å². The number of carbonyl (C=O) groups is 3. The van der Waals surface area contributed by atoms with Crippen LogP contribution < -0.4 is 10.6 Å². The van der Waals surface area contributed by atoms with E-state index < -0.39 is 11.5 Å². The zero-order chi connectivity index (χ0) is 23.9. The van der Waals surface area contributed by atoms with Gasteiger partial charge in [0.2, 0.25) is 16.9 Å². The summed E-state index contributed by atoms with van der Waals surface area (Å²) in [6.07, 6.45) is 7.28. The van der Waals surface area contributed by atoms with Gasteiger partial charge < -0.3 is 10.6 Å². The maximum absolute atomic E-state index is 13.5. The quantitative estimate of drug-likeness (QED) is 0.363. The van der Waals surface area contributed by atoms with E-state index in [1.54, 1.807) is 12.1 Å². The van der Waals surface area contributed by atoms with Crippen LogP contribution in [0.1, 0.15) is 79.1 Å². The molecule has 1 atom stereocenters. The second-order valence-electron chi connectivity index (χ2n) is 9.07. The Labute approximate surface area is 205 Å². The molecule has 5 nitrogen and oxygen atoms in total. The number of thioether (sulfide) groups is 1. The van der Waals surface area contributed by atoms with Gasteiger partial charge in [-0.25, -0.2) is 0 Å². The first-order valence-corrected chi connectivity index (χ1v) is 12.9. The lowest BCUT2D eigenvalue weighted by atomic mass is 9.69. The zero-order valence-electron chi connectivity index (χ0n) is 19.4. The van der Waals surface area contributed by atoms with E-state index in [4.69, 9.17) is 23.2 Å². The number of anilines is 1. The van der Waals surface area contributed by atoms with E-state index in [1.165, 1.54) is 6.92 Å². The van der Waals surface area contributed by atoms with Crippen molar-refractivity contribution in [2.45, 2.75) is 90.0 Å². The summed E-state index contributed by atoms with van der Waals surface area (Å²) < 4.78 is 0. The van der Waals surface area contributed by atoms with Gasteiger partial charge in [-0.05, 0) is 61.9 Å². The number of hydrogen-bond donors (Lipinski definition) is 2. The molecule has 0 radical (unpaired) electrons. The smallest absolute Gasteiger partial charge is 0.230 e. The summed E-state index contributed by atoms with van der Waals surface area (Å²) in [6, 6.07) is 2.59. The number of hydrogen-bond acceptors (Lipinski definition) is 4. The minimum absolute atomic E-state index is 0.0144. The maximum Gasteiger partial charge on any atom is 0.230 e. The van der Waals surface area contributed by atoms with E-state index in [-0.39, 0.29) is 16.9 Å². The Morgan fingerprint density at radius 1 is 1.09 bits per heavy atom. The summed E-state index contributed by atoms with van der Waals surface area (Å²) in [7, 11) is 0. The average molecular weight is 502 g/mol. The standard InChI is InChI=1S/C24H34Cl2N2O3S/c1-5-19(27-16(4)29)22(30)32-21-14-18(26)17(25)13-20(21)28-23(31)24(12-9-15(2)3)10-7-6-8-11-24/h13-15,19H,5-12H2,1-4H3,(H,27,29)(H,28,31)/t19-/m0/s1. The van der Waals surface area contributed by atoms with Crippen molar-refractivity contribution in [3.63, 3.8) is 0 Å². The summed E-state index contributed by atoms with van der Waals surface area (Å²) in [5.74, 6) is 0.243. The van der Waals surface area contributed by atoms with Crippen LogP contribution in [0.4, 0.5) is 5.69 Å². The van der Waals surface area contributed by atoms with Crippen molar-refractivity contribution in [2.24, 2.45) is 11.3 Å². The zero-order valence-corrected chi connectivity index (χ0v) is 21.7. The predicted molar refractivity (Wildman–Crippen MR) is 133 cm³/mol. The third-order valence-electron chi connectivity index (χ3n) is 6.04. The largest absolute Gasteiger partial charge is 0.346 e. The normalized spacial score (nSPS) is 16.5. The summed E-state index contributed by atoms with van der Waals surface area (Å²) in [6.45, 7) is 7.56. The van der Waals surface area contributed by atoms with Gasteiger partial charge in [0.25, 0.3) is 0 Å². The summed E-state index contributed by atoms with van der Waals surface area (Å²) in [5.41, 5.74) is 0.0813. The van der Waals surface area contributed by atoms with Gasteiger partial charge in [-0.2, -0.15) is 0 Å². The molecule has 1 aliphatic carbocycles. The first kappa shape index (κ1) is 27.0. The van der Waals surface area contributed by atoms with Gasteiger partial charge in [-0.1, -0.05) is 63.2 Å². The molecule has 1 saturated carbocycles. The number of carbonyl (C=O) groups excluding carboxylic acids is 3. The van der Waals surface area contributed by atoms with Crippen molar-refractivity contribution >= 4 is 57.6 Å². The molecule has 0 aliphatic heterocycles. The highest BCUT2D eigenvalue weighted by Gasteiger charge is 2.39.